The van der Waals surface area contributed by atoms with Crippen molar-refractivity contribution in [3.63, 3.8) is 0 Å². The van der Waals surface area contributed by atoms with Crippen LogP contribution < -0.4 is 5.32 Å². The van der Waals surface area contributed by atoms with Gasteiger partial charge in [0.05, 0.1) is 12.2 Å². The molecule has 1 saturated heterocycles. The molecule has 0 aliphatic carbocycles. The van der Waals surface area contributed by atoms with Gasteiger partial charge in [-0.2, -0.15) is 0 Å². The van der Waals surface area contributed by atoms with Crippen molar-refractivity contribution in [1.82, 2.24) is 4.90 Å². The maximum Gasteiger partial charge on any atom is 0.238 e. The summed E-state index contributed by atoms with van der Waals surface area (Å²) < 4.78 is 13.7. The maximum absolute atomic E-state index is 13.7. The summed E-state index contributed by atoms with van der Waals surface area (Å²) in [4.78, 5) is 31.9. The van der Waals surface area contributed by atoms with Crippen molar-refractivity contribution in [1.29, 1.82) is 0 Å². The zero-order valence-electron chi connectivity index (χ0n) is 16.9. The molecule has 3 aromatic rings. The van der Waals surface area contributed by atoms with Gasteiger partial charge in [-0.3, -0.25) is 14.5 Å². The fourth-order valence-corrected chi connectivity index (χ4v) is 4.40. The number of thioether (sulfide) groups is 1. The molecule has 0 spiro atoms. The van der Waals surface area contributed by atoms with Gasteiger partial charge >= 0.3 is 0 Å². The Balaban J connectivity index is 1.59. The van der Waals surface area contributed by atoms with Gasteiger partial charge in [-0.05, 0) is 48.0 Å². The molecule has 1 heterocycles. The highest BCUT2D eigenvalue weighted by atomic mass is 35.5. The van der Waals surface area contributed by atoms with E-state index in [1.165, 1.54) is 28.8 Å². The van der Waals surface area contributed by atoms with Crippen molar-refractivity contribution < 1.29 is 14.0 Å². The van der Waals surface area contributed by atoms with E-state index in [1.54, 1.807) is 36.4 Å². The Bertz CT molecular complexity index is 1160. The lowest BCUT2D eigenvalue weighted by molar-refractivity contribution is -0.129. The van der Waals surface area contributed by atoms with Crippen LogP contribution in [0.2, 0.25) is 5.02 Å². The number of carbonyl (C=O) groups is 2. The number of carbonyl (C=O) groups excluding carboxylic acids is 2. The van der Waals surface area contributed by atoms with Gasteiger partial charge in [0, 0.05) is 17.1 Å². The minimum absolute atomic E-state index is 0.0269. The Morgan fingerprint density at radius 3 is 2.56 bits per heavy atom. The van der Waals surface area contributed by atoms with Gasteiger partial charge in [0.15, 0.2) is 5.17 Å². The largest absolute Gasteiger partial charge is 0.325 e. The normalized spacial score (nSPS) is 17.4. The standard InChI is InChI=1S/C24H19ClFN3O2S/c25-17-9-11-19(12-10-17)27-23(31)21-14-22(30)29(15-16-5-2-1-3-6-16)24(32-21)28-20-8-4-7-18(26)13-20/h1-13,21H,14-15H2,(H,27,31)/t21-/m0/s1. The predicted octanol–water partition coefficient (Wildman–Crippen LogP) is 5.64. The molecule has 1 atom stereocenters. The monoisotopic (exact) mass is 467 g/mol. The van der Waals surface area contributed by atoms with Gasteiger partial charge in [0.1, 0.15) is 11.1 Å². The molecule has 1 aliphatic rings. The smallest absolute Gasteiger partial charge is 0.238 e. The van der Waals surface area contributed by atoms with E-state index in [-0.39, 0.29) is 18.2 Å². The summed E-state index contributed by atoms with van der Waals surface area (Å²) >= 11 is 7.08. The molecule has 5 nitrogen and oxygen atoms in total. The van der Waals surface area contributed by atoms with Crippen molar-refractivity contribution in [2.45, 2.75) is 18.2 Å². The van der Waals surface area contributed by atoms with Gasteiger partial charge in [-0.25, -0.2) is 9.38 Å². The lowest BCUT2D eigenvalue weighted by Crippen LogP contribution is -2.44. The minimum atomic E-state index is -0.669. The molecule has 4 rings (SSSR count). The van der Waals surface area contributed by atoms with Crippen LogP contribution >= 0.6 is 23.4 Å². The topological polar surface area (TPSA) is 61.8 Å². The van der Waals surface area contributed by atoms with Crippen LogP contribution in [0.5, 0.6) is 0 Å². The summed E-state index contributed by atoms with van der Waals surface area (Å²) in [6.45, 7) is 0.312. The Morgan fingerprint density at radius 1 is 1.09 bits per heavy atom. The van der Waals surface area contributed by atoms with Crippen LogP contribution in [0.25, 0.3) is 0 Å². The molecule has 0 radical (unpaired) electrons. The molecular weight excluding hydrogens is 449 g/mol. The molecule has 0 unspecified atom stereocenters. The summed E-state index contributed by atoms with van der Waals surface area (Å²) in [5.41, 5.74) is 1.89. The zero-order valence-corrected chi connectivity index (χ0v) is 18.4. The number of nitrogens with one attached hydrogen (secondary N) is 1. The second kappa shape index (κ2) is 9.97. The molecular formula is C24H19ClFN3O2S. The van der Waals surface area contributed by atoms with E-state index in [2.05, 4.69) is 10.3 Å². The zero-order chi connectivity index (χ0) is 22.5. The molecule has 32 heavy (non-hydrogen) atoms. The van der Waals surface area contributed by atoms with Crippen LogP contribution in [0.1, 0.15) is 12.0 Å². The lowest BCUT2D eigenvalue weighted by Gasteiger charge is -2.32. The number of hydrogen-bond acceptors (Lipinski definition) is 4. The second-order valence-electron chi connectivity index (χ2n) is 7.15. The first kappa shape index (κ1) is 22.0. The van der Waals surface area contributed by atoms with Crippen LogP contribution in [0.15, 0.2) is 83.9 Å². The van der Waals surface area contributed by atoms with E-state index >= 15 is 0 Å². The van der Waals surface area contributed by atoms with Crippen molar-refractivity contribution in [2.24, 2.45) is 4.99 Å². The number of benzene rings is 3. The molecule has 8 heteroatoms. The van der Waals surface area contributed by atoms with Gasteiger partial charge in [-0.15, -0.1) is 0 Å². The molecule has 1 N–H and O–H groups in total. The SMILES string of the molecule is O=C(Nc1ccc(Cl)cc1)[C@@H]1CC(=O)N(Cc2ccccc2)C(=Nc2cccc(F)c2)S1. The quantitative estimate of drug-likeness (QED) is 0.528. The number of anilines is 1. The highest BCUT2D eigenvalue weighted by Crippen LogP contribution is 2.31. The third-order valence-corrected chi connectivity index (χ3v) is 6.20. The van der Waals surface area contributed by atoms with Crippen LogP contribution in [-0.2, 0) is 16.1 Å². The summed E-state index contributed by atoms with van der Waals surface area (Å²) in [6, 6.07) is 22.1. The van der Waals surface area contributed by atoms with Crippen LogP contribution in [0.4, 0.5) is 15.8 Å². The van der Waals surface area contributed by atoms with Crippen molar-refractivity contribution in [3.05, 3.63) is 95.3 Å². The van der Waals surface area contributed by atoms with Crippen LogP contribution in [0.3, 0.4) is 0 Å². The Labute approximate surface area is 194 Å². The van der Waals surface area contributed by atoms with Crippen molar-refractivity contribution in [2.75, 3.05) is 5.32 Å². The Kier molecular flexibility index (Phi) is 6.87. The van der Waals surface area contributed by atoms with E-state index in [4.69, 9.17) is 11.6 Å². The number of amidine groups is 1. The predicted molar refractivity (Wildman–Crippen MR) is 127 cm³/mol. The molecule has 0 aromatic heterocycles. The number of rotatable bonds is 5. The molecule has 1 aliphatic heterocycles. The van der Waals surface area contributed by atoms with E-state index in [0.717, 1.165) is 5.56 Å². The highest BCUT2D eigenvalue weighted by molar-refractivity contribution is 8.15. The summed E-state index contributed by atoms with van der Waals surface area (Å²) in [7, 11) is 0. The average Bonchev–Trinajstić information content (AvgIpc) is 2.78. The fourth-order valence-electron chi connectivity index (χ4n) is 3.17. The van der Waals surface area contributed by atoms with Gasteiger partial charge < -0.3 is 5.32 Å². The summed E-state index contributed by atoms with van der Waals surface area (Å²) in [5, 5.41) is 3.06. The fraction of sp³-hybridized carbons (Fsp3) is 0.125. The van der Waals surface area contributed by atoms with Crippen molar-refractivity contribution >= 4 is 51.7 Å². The number of aliphatic imine (C=N–C) groups is 1. The van der Waals surface area contributed by atoms with E-state index in [9.17, 15) is 14.0 Å². The molecule has 0 saturated carbocycles. The number of amides is 2. The van der Waals surface area contributed by atoms with E-state index in [1.807, 2.05) is 30.3 Å². The maximum atomic E-state index is 13.7. The van der Waals surface area contributed by atoms with Gasteiger partial charge in [0.25, 0.3) is 0 Å². The Morgan fingerprint density at radius 2 is 1.84 bits per heavy atom. The minimum Gasteiger partial charge on any atom is -0.325 e. The first-order valence-electron chi connectivity index (χ1n) is 9.89. The van der Waals surface area contributed by atoms with Crippen molar-refractivity contribution in [3.8, 4) is 0 Å². The third-order valence-electron chi connectivity index (χ3n) is 4.76. The molecule has 1 fully saturated rings. The first-order chi connectivity index (χ1) is 15.5. The third kappa shape index (κ3) is 5.55. The van der Waals surface area contributed by atoms with Gasteiger partial charge in [-0.1, -0.05) is 59.8 Å². The first-order valence-corrected chi connectivity index (χ1v) is 11.2. The molecule has 162 valence electrons. The number of nitrogens with zero attached hydrogens (tertiary/aromatic N) is 2. The second-order valence-corrected chi connectivity index (χ2v) is 8.75. The molecule has 3 aromatic carbocycles. The van der Waals surface area contributed by atoms with E-state index < -0.39 is 11.1 Å². The van der Waals surface area contributed by atoms with Crippen LogP contribution in [-0.4, -0.2) is 27.1 Å². The highest BCUT2D eigenvalue weighted by Gasteiger charge is 2.36. The average molecular weight is 468 g/mol. The lowest BCUT2D eigenvalue weighted by atomic mass is 10.2. The Hall–Kier alpha value is -3.16. The number of hydrogen-bond donors (Lipinski definition) is 1. The summed E-state index contributed by atoms with van der Waals surface area (Å²) in [6.07, 6.45) is 0.0269. The number of halogens is 2. The van der Waals surface area contributed by atoms with E-state index in [0.29, 0.717) is 28.1 Å². The molecule has 2 amide bonds. The summed E-state index contributed by atoms with van der Waals surface area (Å²) in [5.74, 6) is -0.957. The van der Waals surface area contributed by atoms with Crippen LogP contribution in [0, 0.1) is 5.82 Å². The molecule has 0 bridgehead atoms. The van der Waals surface area contributed by atoms with Gasteiger partial charge in [0.2, 0.25) is 11.8 Å².